The molecule has 0 aliphatic carbocycles. The first-order valence-electron chi connectivity index (χ1n) is 7.09. The number of halogens is 2. The van der Waals surface area contributed by atoms with Gasteiger partial charge in [-0.1, -0.05) is 29.8 Å². The van der Waals surface area contributed by atoms with Crippen LogP contribution < -0.4 is 5.32 Å². The Kier molecular flexibility index (Phi) is 5.85. The Labute approximate surface area is 139 Å². The van der Waals surface area contributed by atoms with Crippen molar-refractivity contribution in [1.29, 1.82) is 0 Å². The Morgan fingerprint density at radius 3 is 2.62 bits per heavy atom. The molecule has 1 unspecified atom stereocenters. The molecule has 1 heterocycles. The monoisotopic (exact) mass is 369 g/mol. The lowest BCUT2D eigenvalue weighted by Crippen LogP contribution is -2.24. The molecule has 2 aromatic rings. The third-order valence-electron chi connectivity index (χ3n) is 3.70. The zero-order valence-corrected chi connectivity index (χ0v) is 15.0. The minimum atomic E-state index is 0.473. The van der Waals surface area contributed by atoms with Crippen LogP contribution in [0.3, 0.4) is 0 Å². The molecule has 1 aromatic heterocycles. The first-order chi connectivity index (χ1) is 10.0. The molecule has 0 fully saturated rings. The Morgan fingerprint density at radius 2 is 2.05 bits per heavy atom. The fourth-order valence-corrected chi connectivity index (χ4v) is 3.37. The van der Waals surface area contributed by atoms with Crippen molar-refractivity contribution in [3.05, 3.63) is 50.7 Å². The topological polar surface area (TPSA) is 29.9 Å². The van der Waals surface area contributed by atoms with Crippen LogP contribution in [0.4, 0.5) is 0 Å². The molecule has 5 heteroatoms. The second-order valence-electron chi connectivity index (χ2n) is 5.39. The average molecular weight is 371 g/mol. The molecule has 0 amide bonds. The summed E-state index contributed by atoms with van der Waals surface area (Å²) in [5, 5.41) is 8.60. The first kappa shape index (κ1) is 16.5. The van der Waals surface area contributed by atoms with E-state index in [0.29, 0.717) is 5.92 Å². The number of aryl methyl sites for hydroxylation is 2. The van der Waals surface area contributed by atoms with Gasteiger partial charge in [-0.05, 0) is 66.8 Å². The highest BCUT2D eigenvalue weighted by atomic mass is 79.9. The summed E-state index contributed by atoms with van der Waals surface area (Å²) in [5.41, 5.74) is 3.47. The maximum atomic E-state index is 6.29. The van der Waals surface area contributed by atoms with Crippen molar-refractivity contribution in [2.45, 2.75) is 19.8 Å². The Morgan fingerprint density at radius 1 is 1.33 bits per heavy atom. The van der Waals surface area contributed by atoms with E-state index in [9.17, 15) is 0 Å². The highest BCUT2D eigenvalue weighted by Crippen LogP contribution is 2.26. The van der Waals surface area contributed by atoms with Gasteiger partial charge in [0.1, 0.15) is 0 Å². The molecule has 1 atom stereocenters. The summed E-state index contributed by atoms with van der Waals surface area (Å²) in [7, 11) is 3.99. The van der Waals surface area contributed by atoms with Crippen LogP contribution in [-0.2, 0) is 19.9 Å². The number of hydrogen-bond acceptors (Lipinski definition) is 2. The highest BCUT2D eigenvalue weighted by Gasteiger charge is 2.17. The molecule has 0 saturated heterocycles. The van der Waals surface area contributed by atoms with Crippen LogP contribution in [0, 0.1) is 12.8 Å². The summed E-state index contributed by atoms with van der Waals surface area (Å²) in [6.45, 7) is 2.97. The van der Waals surface area contributed by atoms with E-state index in [0.717, 1.165) is 34.6 Å². The predicted molar refractivity (Wildman–Crippen MR) is 91.9 cm³/mol. The molecule has 2 rings (SSSR count). The third-order valence-corrected chi connectivity index (χ3v) is 5.10. The minimum Gasteiger partial charge on any atom is -0.319 e. The van der Waals surface area contributed by atoms with Crippen molar-refractivity contribution in [3.8, 4) is 0 Å². The number of rotatable bonds is 6. The van der Waals surface area contributed by atoms with E-state index in [1.807, 2.05) is 43.9 Å². The smallest absolute Gasteiger partial charge is 0.0738 e. The maximum Gasteiger partial charge on any atom is 0.0738 e. The summed E-state index contributed by atoms with van der Waals surface area (Å²) >= 11 is 9.94. The van der Waals surface area contributed by atoms with Gasteiger partial charge in [0.25, 0.3) is 0 Å². The summed E-state index contributed by atoms with van der Waals surface area (Å²) in [6.07, 6.45) is 1.92. The standard InChI is InChI=1S/C16H21BrClN3/c1-11-16(17)15(21(3)20-11)9-12(10-19-2)8-13-6-4-5-7-14(13)18/h4-7,12,19H,8-10H2,1-3H3. The minimum absolute atomic E-state index is 0.473. The summed E-state index contributed by atoms with van der Waals surface area (Å²) in [6, 6.07) is 8.08. The van der Waals surface area contributed by atoms with Gasteiger partial charge in [-0.2, -0.15) is 5.10 Å². The summed E-state index contributed by atoms with van der Waals surface area (Å²) in [4.78, 5) is 0. The van der Waals surface area contributed by atoms with Crippen LogP contribution in [0.2, 0.25) is 5.02 Å². The molecule has 0 radical (unpaired) electrons. The quantitative estimate of drug-likeness (QED) is 0.839. The summed E-state index contributed by atoms with van der Waals surface area (Å²) in [5.74, 6) is 0.473. The van der Waals surface area contributed by atoms with E-state index in [4.69, 9.17) is 11.6 Å². The lowest BCUT2D eigenvalue weighted by atomic mass is 9.94. The fraction of sp³-hybridized carbons (Fsp3) is 0.438. The number of nitrogens with zero attached hydrogens (tertiary/aromatic N) is 2. The second kappa shape index (κ2) is 7.43. The maximum absolute atomic E-state index is 6.29. The number of aromatic nitrogens is 2. The van der Waals surface area contributed by atoms with Crippen LogP contribution in [0.5, 0.6) is 0 Å². The fourth-order valence-electron chi connectivity index (χ4n) is 2.66. The Hall–Kier alpha value is -0.840. The zero-order chi connectivity index (χ0) is 15.4. The molecule has 21 heavy (non-hydrogen) atoms. The van der Waals surface area contributed by atoms with Crippen LogP contribution in [0.1, 0.15) is 17.0 Å². The van der Waals surface area contributed by atoms with Gasteiger partial charge in [0, 0.05) is 12.1 Å². The predicted octanol–water partition coefficient (Wildman–Crippen LogP) is 3.77. The van der Waals surface area contributed by atoms with Gasteiger partial charge in [0.2, 0.25) is 0 Å². The second-order valence-corrected chi connectivity index (χ2v) is 6.59. The molecule has 114 valence electrons. The lowest BCUT2D eigenvalue weighted by Gasteiger charge is -2.18. The molecule has 1 N–H and O–H groups in total. The van der Waals surface area contributed by atoms with E-state index < -0.39 is 0 Å². The van der Waals surface area contributed by atoms with E-state index in [1.54, 1.807) is 0 Å². The van der Waals surface area contributed by atoms with E-state index in [1.165, 1.54) is 11.3 Å². The van der Waals surface area contributed by atoms with Crippen LogP contribution >= 0.6 is 27.5 Å². The molecule has 0 spiro atoms. The van der Waals surface area contributed by atoms with Crippen molar-refractivity contribution in [1.82, 2.24) is 15.1 Å². The van der Waals surface area contributed by atoms with Gasteiger partial charge in [-0.15, -0.1) is 0 Å². The van der Waals surface area contributed by atoms with Crippen molar-refractivity contribution in [3.63, 3.8) is 0 Å². The van der Waals surface area contributed by atoms with Crippen molar-refractivity contribution in [2.75, 3.05) is 13.6 Å². The van der Waals surface area contributed by atoms with Crippen molar-refractivity contribution < 1.29 is 0 Å². The third kappa shape index (κ3) is 4.09. The van der Waals surface area contributed by atoms with Gasteiger partial charge >= 0.3 is 0 Å². The molecular formula is C16H21BrClN3. The van der Waals surface area contributed by atoms with Crippen LogP contribution in [0.15, 0.2) is 28.7 Å². The Bertz CT molecular complexity index is 610. The van der Waals surface area contributed by atoms with Crippen molar-refractivity contribution in [2.24, 2.45) is 13.0 Å². The van der Waals surface area contributed by atoms with Gasteiger partial charge in [-0.25, -0.2) is 0 Å². The molecule has 0 bridgehead atoms. The average Bonchev–Trinajstić information content (AvgIpc) is 2.68. The zero-order valence-electron chi connectivity index (χ0n) is 12.7. The Balaban J connectivity index is 2.18. The van der Waals surface area contributed by atoms with Gasteiger partial charge in [0.05, 0.1) is 15.9 Å². The summed E-state index contributed by atoms with van der Waals surface area (Å²) < 4.78 is 3.08. The molecule has 1 aromatic carbocycles. The van der Waals surface area contributed by atoms with Gasteiger partial charge in [-0.3, -0.25) is 4.68 Å². The lowest BCUT2D eigenvalue weighted by molar-refractivity contribution is 0.476. The molecular weight excluding hydrogens is 350 g/mol. The molecule has 3 nitrogen and oxygen atoms in total. The van der Waals surface area contributed by atoms with E-state index in [-0.39, 0.29) is 0 Å². The number of hydrogen-bond donors (Lipinski definition) is 1. The molecule has 0 aliphatic rings. The first-order valence-corrected chi connectivity index (χ1v) is 8.26. The van der Waals surface area contributed by atoms with Gasteiger partial charge in [0.15, 0.2) is 0 Å². The van der Waals surface area contributed by atoms with Crippen LogP contribution in [0.25, 0.3) is 0 Å². The molecule has 0 aliphatic heterocycles. The van der Waals surface area contributed by atoms with E-state index >= 15 is 0 Å². The number of nitrogens with one attached hydrogen (secondary N) is 1. The number of benzene rings is 1. The molecule has 0 saturated carbocycles. The SMILES string of the molecule is CNCC(Cc1ccccc1Cl)Cc1c(Br)c(C)nn1C. The highest BCUT2D eigenvalue weighted by molar-refractivity contribution is 9.10. The largest absolute Gasteiger partial charge is 0.319 e. The van der Waals surface area contributed by atoms with Crippen molar-refractivity contribution >= 4 is 27.5 Å². The van der Waals surface area contributed by atoms with Crippen LogP contribution in [-0.4, -0.2) is 23.4 Å². The van der Waals surface area contributed by atoms with Gasteiger partial charge < -0.3 is 5.32 Å². The van der Waals surface area contributed by atoms with E-state index in [2.05, 4.69) is 32.4 Å². The normalized spacial score (nSPS) is 12.6.